The summed E-state index contributed by atoms with van der Waals surface area (Å²) in [6, 6.07) is 36.9. The largest absolute Gasteiger partial charge is 0.506 e. The molecule has 38 heteroatoms. The van der Waals surface area contributed by atoms with Crippen LogP contribution >= 0.6 is 139 Å². The number of phenols is 4. The van der Waals surface area contributed by atoms with Crippen LogP contribution in [0.4, 0.5) is 45.5 Å². The normalized spacial score (nSPS) is 11.1. The predicted molar refractivity (Wildman–Crippen MR) is 389 cm³/mol. The van der Waals surface area contributed by atoms with E-state index in [1.54, 1.807) is 100 Å². The summed E-state index contributed by atoms with van der Waals surface area (Å²) in [5, 5.41) is 134. The second-order valence-corrected chi connectivity index (χ2v) is 25.4. The van der Waals surface area contributed by atoms with Crippen LogP contribution in [0.3, 0.4) is 0 Å². The van der Waals surface area contributed by atoms with Crippen molar-refractivity contribution in [3.8, 4) is 69.3 Å². The third-order valence-electron chi connectivity index (χ3n) is 13.4. The van der Waals surface area contributed by atoms with E-state index in [2.05, 4.69) is 61.3 Å². The molecule has 24 nitrogen and oxygen atoms in total. The molecule has 8 N–H and O–H groups in total. The van der Waals surface area contributed by atoms with Crippen molar-refractivity contribution in [2.24, 2.45) is 40.9 Å². The fraction of sp³-hybridized carbons (Fsp3) is 0.0625. The summed E-state index contributed by atoms with van der Waals surface area (Å²) >= 11 is 71.1. The van der Waals surface area contributed by atoms with E-state index in [4.69, 9.17) is 139 Å². The van der Waals surface area contributed by atoms with Gasteiger partial charge in [0.1, 0.15) is 45.7 Å². The van der Waals surface area contributed by atoms with Gasteiger partial charge in [-0.2, -0.15) is 39.1 Å². The topological polar surface area (TPSA) is 332 Å². The molecular weight excluding hydrogens is 1660 g/mol. The van der Waals surface area contributed by atoms with Crippen LogP contribution in [0.25, 0.3) is 22.7 Å². The first-order valence-electron chi connectivity index (χ1n) is 28.0. The molecule has 102 heavy (non-hydrogen) atoms. The van der Waals surface area contributed by atoms with Crippen molar-refractivity contribution >= 4 is 185 Å². The Balaban J connectivity index is 0.000000189. The van der Waals surface area contributed by atoms with E-state index < -0.39 is 0 Å². The summed E-state index contributed by atoms with van der Waals surface area (Å²) in [6.07, 6.45) is 0. The summed E-state index contributed by atoms with van der Waals surface area (Å²) in [7, 11) is 0. The molecule has 0 bridgehead atoms. The monoisotopic (exact) mass is 1700 g/mol. The number of aromatic hydroxyl groups is 8. The molecular formula is C64H44Cl12Fe2N16O8. The molecule has 0 amide bonds. The zero-order valence-corrected chi connectivity index (χ0v) is 63.1. The first kappa shape index (κ1) is 81.2. The fourth-order valence-electron chi connectivity index (χ4n) is 8.41. The van der Waals surface area contributed by atoms with Crippen LogP contribution in [0.5, 0.6) is 46.5 Å². The summed E-state index contributed by atoms with van der Waals surface area (Å²) in [4.78, 5) is 0. The Bertz CT molecular complexity index is 4590. The van der Waals surface area contributed by atoms with Crippen molar-refractivity contribution in [1.29, 1.82) is 0 Å². The van der Waals surface area contributed by atoms with Crippen molar-refractivity contribution in [3.63, 3.8) is 0 Å². The molecule has 0 atom stereocenters. The van der Waals surface area contributed by atoms with Crippen molar-refractivity contribution < 1.29 is 75.0 Å². The number of hydrogen-bond donors (Lipinski definition) is 8. The van der Waals surface area contributed by atoms with Gasteiger partial charge in [-0.15, -0.1) is 40.9 Å². The third-order valence-corrected chi connectivity index (χ3v) is 17.3. The number of benzene rings is 8. The van der Waals surface area contributed by atoms with Gasteiger partial charge < -0.3 is 40.9 Å². The van der Waals surface area contributed by atoms with Crippen LogP contribution in [-0.4, -0.2) is 80.0 Å². The van der Waals surface area contributed by atoms with E-state index in [1.807, 2.05) is 0 Å². The third kappa shape index (κ3) is 19.8. The van der Waals surface area contributed by atoms with Crippen molar-refractivity contribution in [3.05, 3.63) is 229 Å². The average Bonchev–Trinajstić information content (AvgIpc) is 1.68. The molecule has 528 valence electrons. The Morgan fingerprint density at radius 2 is 0.431 bits per heavy atom. The molecule has 0 aliphatic carbocycles. The SMILES string of the molecule is Cc1nn(-c2ccc(Cl)c(Cl)c2)c(O)c1N=Nc1cc(Cl)ccc1O.Cc1nn(-c2ccc(Cl)c(Cl)c2)c(O)c1N=Nc1cc(Cl)ccc1O.Cc1nn(-c2ccc(Cl)c(Cl)c2)c(O)c1N=Nc1cc(Cl)ccc1O.Cc1nn(-c2ccc(Cl)c(Cl)c2)c(O)c1N=Nc1cc(Cl)ccc1O.[Fe].[Fe]. The van der Waals surface area contributed by atoms with Crippen LogP contribution in [0.2, 0.25) is 60.3 Å². The molecule has 0 spiro atoms. The fourth-order valence-corrected chi connectivity index (χ4v) is 10.2. The molecule has 4 aromatic heterocycles. The van der Waals surface area contributed by atoms with E-state index in [-0.39, 0.29) is 126 Å². The number of phenolic OH excluding ortho intramolecular Hbond substituents is 4. The van der Waals surface area contributed by atoms with Gasteiger partial charge in [-0.05, 0) is 173 Å². The maximum Gasteiger partial charge on any atom is 0.243 e. The maximum absolute atomic E-state index is 10.4. The number of aromatic nitrogens is 8. The number of aryl methyl sites for hydroxylation is 4. The van der Waals surface area contributed by atoms with Gasteiger partial charge >= 0.3 is 0 Å². The molecule has 12 rings (SSSR count). The molecule has 12 aromatic rings. The van der Waals surface area contributed by atoms with E-state index in [0.29, 0.717) is 106 Å². The zero-order chi connectivity index (χ0) is 72.5. The zero-order valence-electron chi connectivity index (χ0n) is 51.8. The second-order valence-electron chi connectivity index (χ2n) is 20.4. The van der Waals surface area contributed by atoms with E-state index >= 15 is 0 Å². The Hall–Kier alpha value is -8.08. The Morgan fingerprint density at radius 3 is 0.608 bits per heavy atom. The van der Waals surface area contributed by atoms with E-state index in [9.17, 15) is 40.9 Å². The minimum absolute atomic E-state index is 0. The maximum atomic E-state index is 10.4. The molecule has 8 aromatic carbocycles. The summed E-state index contributed by atoms with van der Waals surface area (Å²) in [5.41, 5.74) is 5.15. The molecule has 0 saturated carbocycles. The Kier molecular flexibility index (Phi) is 28.6. The van der Waals surface area contributed by atoms with E-state index in [0.717, 1.165) is 0 Å². The predicted octanol–water partition coefficient (Wildman–Crippen LogP) is 23.9. The quantitative estimate of drug-likeness (QED) is 0.0418. The molecule has 4 heterocycles. The Labute approximate surface area is 659 Å². The first-order valence-corrected chi connectivity index (χ1v) is 32.6. The number of hydrogen-bond acceptors (Lipinski definition) is 20. The first-order chi connectivity index (χ1) is 47.5. The van der Waals surface area contributed by atoms with Crippen molar-refractivity contribution in [2.45, 2.75) is 27.7 Å². The van der Waals surface area contributed by atoms with Gasteiger partial charge in [-0.3, -0.25) is 0 Å². The number of rotatable bonds is 12. The standard InChI is InChI=1S/4C16H11Cl3N4O2.2Fe/c4*1-8-15(21-20-13-6-9(17)2-5-14(13)24)16(25)23(22-8)10-3-4-11(18)12(19)7-10;;/h4*2-7,24-25H,1H3;;. The van der Waals surface area contributed by atoms with Gasteiger partial charge in [-0.1, -0.05) is 139 Å². The van der Waals surface area contributed by atoms with Crippen LogP contribution < -0.4 is 0 Å². The van der Waals surface area contributed by atoms with Crippen LogP contribution in [0, 0.1) is 27.7 Å². The molecule has 0 aliphatic rings. The molecule has 0 radical (unpaired) electrons. The van der Waals surface area contributed by atoms with Gasteiger partial charge in [-0.25, -0.2) is 0 Å². The minimum Gasteiger partial charge on any atom is -0.506 e. The molecule has 0 unspecified atom stereocenters. The van der Waals surface area contributed by atoms with Crippen molar-refractivity contribution in [1.82, 2.24) is 39.1 Å². The van der Waals surface area contributed by atoms with Gasteiger partial charge in [0.15, 0.2) is 22.7 Å². The van der Waals surface area contributed by atoms with Gasteiger partial charge in [0, 0.05) is 54.2 Å². The minimum atomic E-state index is -0.221. The number of azo groups is 4. The summed E-state index contributed by atoms with van der Waals surface area (Å²) < 4.78 is 5.07. The Morgan fingerprint density at radius 1 is 0.245 bits per heavy atom. The molecule has 0 fully saturated rings. The molecule has 0 saturated heterocycles. The van der Waals surface area contributed by atoms with Gasteiger partial charge in [0.2, 0.25) is 23.5 Å². The van der Waals surface area contributed by atoms with Gasteiger partial charge in [0.25, 0.3) is 0 Å². The van der Waals surface area contributed by atoms with Crippen LogP contribution in [-0.2, 0) is 34.1 Å². The second kappa shape index (κ2) is 35.9. The van der Waals surface area contributed by atoms with Crippen molar-refractivity contribution in [2.75, 3.05) is 0 Å². The summed E-state index contributed by atoms with van der Waals surface area (Å²) in [5.74, 6) is -1.21. The van der Waals surface area contributed by atoms with Crippen LogP contribution in [0.15, 0.2) is 187 Å². The van der Waals surface area contributed by atoms with Gasteiger partial charge in [0.05, 0.1) is 85.7 Å². The van der Waals surface area contributed by atoms with Crippen LogP contribution in [0.1, 0.15) is 22.8 Å². The summed E-state index contributed by atoms with van der Waals surface area (Å²) in [6.45, 7) is 6.67. The average molecular weight is 1700 g/mol. The smallest absolute Gasteiger partial charge is 0.243 e. The number of halogens is 12. The number of nitrogens with zero attached hydrogens (tertiary/aromatic N) is 16. The van der Waals surface area contributed by atoms with E-state index in [1.165, 1.54) is 91.5 Å². The molecule has 0 aliphatic heterocycles.